The van der Waals surface area contributed by atoms with Gasteiger partial charge in [0.25, 0.3) is 0 Å². The monoisotopic (exact) mass is 189 g/mol. The van der Waals surface area contributed by atoms with E-state index in [0.717, 1.165) is 6.42 Å². The fourth-order valence-electron chi connectivity index (χ4n) is 0.575. The van der Waals surface area contributed by atoms with E-state index in [1.807, 2.05) is 0 Å². The largest absolute Gasteiger partial charge is 0.401 e. The molecule has 0 radical (unpaired) electrons. The molecule has 5 heteroatoms. The first-order valence-corrected chi connectivity index (χ1v) is 3.93. The predicted octanol–water partition coefficient (Wildman–Crippen LogP) is 2.16. The topological polar surface area (TPSA) is 12.0 Å². The van der Waals surface area contributed by atoms with Gasteiger partial charge in [0.2, 0.25) is 0 Å². The van der Waals surface area contributed by atoms with Crippen molar-refractivity contribution in [3.8, 4) is 0 Å². The number of alkyl halides is 4. The van der Waals surface area contributed by atoms with Crippen molar-refractivity contribution in [2.45, 2.75) is 19.0 Å². The molecule has 0 aromatic heterocycles. The summed E-state index contributed by atoms with van der Waals surface area (Å²) < 4.78 is 34.4. The highest BCUT2D eigenvalue weighted by atomic mass is 35.5. The van der Waals surface area contributed by atoms with E-state index in [1.165, 1.54) is 0 Å². The van der Waals surface area contributed by atoms with E-state index in [9.17, 15) is 13.2 Å². The van der Waals surface area contributed by atoms with Crippen LogP contribution in [0.3, 0.4) is 0 Å². The number of hydrogen-bond acceptors (Lipinski definition) is 1. The van der Waals surface area contributed by atoms with Crippen molar-refractivity contribution >= 4 is 11.6 Å². The minimum Gasteiger partial charge on any atom is -0.309 e. The van der Waals surface area contributed by atoms with Crippen LogP contribution in [0.15, 0.2) is 0 Å². The van der Waals surface area contributed by atoms with E-state index in [1.54, 1.807) is 0 Å². The van der Waals surface area contributed by atoms with Gasteiger partial charge >= 0.3 is 6.18 Å². The van der Waals surface area contributed by atoms with Gasteiger partial charge in [-0.05, 0) is 19.4 Å². The molecule has 0 fully saturated rings. The van der Waals surface area contributed by atoms with Gasteiger partial charge in [-0.2, -0.15) is 13.2 Å². The molecule has 0 aliphatic carbocycles. The number of hydrogen-bond donors (Lipinski definition) is 1. The molecule has 0 spiro atoms. The Morgan fingerprint density at radius 1 is 1.18 bits per heavy atom. The maximum Gasteiger partial charge on any atom is 0.401 e. The zero-order chi connectivity index (χ0) is 8.74. The van der Waals surface area contributed by atoms with Gasteiger partial charge < -0.3 is 5.32 Å². The molecule has 0 saturated heterocycles. The first kappa shape index (κ1) is 11.0. The summed E-state index contributed by atoms with van der Waals surface area (Å²) in [6.07, 6.45) is -2.65. The van der Waals surface area contributed by atoms with Gasteiger partial charge in [0.15, 0.2) is 0 Å². The molecular formula is C6H11ClF3N. The van der Waals surface area contributed by atoms with E-state index in [-0.39, 0.29) is 0 Å². The lowest BCUT2D eigenvalue weighted by molar-refractivity contribution is -0.124. The molecule has 0 bridgehead atoms. The average molecular weight is 190 g/mol. The van der Waals surface area contributed by atoms with Gasteiger partial charge in [-0.3, -0.25) is 0 Å². The second-order valence-corrected chi connectivity index (χ2v) is 2.57. The van der Waals surface area contributed by atoms with Gasteiger partial charge in [0.1, 0.15) is 0 Å². The Morgan fingerprint density at radius 2 is 1.82 bits per heavy atom. The molecule has 0 aromatic carbocycles. The fraction of sp³-hybridized carbons (Fsp3) is 1.00. The first-order valence-electron chi connectivity index (χ1n) is 3.39. The molecule has 11 heavy (non-hydrogen) atoms. The van der Waals surface area contributed by atoms with E-state index >= 15 is 0 Å². The van der Waals surface area contributed by atoms with Crippen molar-refractivity contribution in [1.29, 1.82) is 0 Å². The molecule has 0 aromatic rings. The van der Waals surface area contributed by atoms with Crippen LogP contribution in [0, 0.1) is 0 Å². The smallest absolute Gasteiger partial charge is 0.309 e. The maximum atomic E-state index is 11.5. The van der Waals surface area contributed by atoms with Gasteiger partial charge in [-0.15, -0.1) is 11.6 Å². The molecule has 1 nitrogen and oxygen atoms in total. The van der Waals surface area contributed by atoms with Crippen LogP contribution in [-0.4, -0.2) is 25.1 Å². The molecule has 0 unspecified atom stereocenters. The normalized spacial score (nSPS) is 12.0. The number of rotatable bonds is 5. The predicted molar refractivity (Wildman–Crippen MR) is 38.9 cm³/mol. The third kappa shape index (κ3) is 10.0. The summed E-state index contributed by atoms with van der Waals surface area (Å²) in [6, 6.07) is 0. The minimum atomic E-state index is -4.10. The van der Waals surface area contributed by atoms with Gasteiger partial charge in [-0.25, -0.2) is 0 Å². The van der Waals surface area contributed by atoms with Gasteiger partial charge in [0, 0.05) is 5.88 Å². The summed E-state index contributed by atoms with van der Waals surface area (Å²) in [5.41, 5.74) is 0. The number of halogens is 4. The molecular weight excluding hydrogens is 179 g/mol. The molecule has 0 amide bonds. The van der Waals surface area contributed by atoms with Crippen molar-refractivity contribution < 1.29 is 13.2 Å². The lowest BCUT2D eigenvalue weighted by atomic mass is 10.3. The fourth-order valence-corrected chi connectivity index (χ4v) is 0.764. The summed E-state index contributed by atoms with van der Waals surface area (Å²) in [6.45, 7) is -0.526. The molecule has 68 valence electrons. The van der Waals surface area contributed by atoms with Crippen molar-refractivity contribution in [3.63, 3.8) is 0 Å². The average Bonchev–Trinajstić information content (AvgIpc) is 1.85. The van der Waals surface area contributed by atoms with Crippen LogP contribution in [0.2, 0.25) is 0 Å². The van der Waals surface area contributed by atoms with E-state index in [4.69, 9.17) is 11.6 Å². The van der Waals surface area contributed by atoms with Crippen LogP contribution in [0.25, 0.3) is 0 Å². The second-order valence-electron chi connectivity index (χ2n) is 2.19. The Kier molecular flexibility index (Phi) is 5.68. The van der Waals surface area contributed by atoms with Crippen LogP contribution in [-0.2, 0) is 0 Å². The van der Waals surface area contributed by atoms with Crippen molar-refractivity contribution in [3.05, 3.63) is 0 Å². The molecule has 0 atom stereocenters. The van der Waals surface area contributed by atoms with Crippen LogP contribution in [0.1, 0.15) is 12.8 Å². The third-order valence-corrected chi connectivity index (χ3v) is 1.33. The summed E-state index contributed by atoms with van der Waals surface area (Å²) in [7, 11) is 0. The zero-order valence-electron chi connectivity index (χ0n) is 6.05. The third-order valence-electron chi connectivity index (χ3n) is 1.06. The Balaban J connectivity index is 3.02. The Hall–Kier alpha value is 0.0400. The van der Waals surface area contributed by atoms with E-state index < -0.39 is 12.7 Å². The van der Waals surface area contributed by atoms with Crippen LogP contribution in [0.5, 0.6) is 0 Å². The van der Waals surface area contributed by atoms with Crippen molar-refractivity contribution in [2.75, 3.05) is 19.0 Å². The summed E-state index contributed by atoms with van der Waals surface area (Å²) in [4.78, 5) is 0. The van der Waals surface area contributed by atoms with Crippen LogP contribution >= 0.6 is 11.6 Å². The molecule has 0 aliphatic rings. The summed E-state index contributed by atoms with van der Waals surface area (Å²) in [5, 5.41) is 2.28. The van der Waals surface area contributed by atoms with Gasteiger partial charge in [0.05, 0.1) is 6.54 Å². The lowest BCUT2D eigenvalue weighted by Crippen LogP contribution is -2.29. The standard InChI is InChI=1S/C6H11ClF3N/c7-3-1-2-4-11-5-6(8,9)10/h11H,1-5H2. The molecule has 0 aliphatic heterocycles. The second kappa shape index (κ2) is 5.66. The lowest BCUT2D eigenvalue weighted by Gasteiger charge is -2.06. The molecule has 1 N–H and O–H groups in total. The highest BCUT2D eigenvalue weighted by Gasteiger charge is 2.25. The minimum absolute atomic E-state index is 0.381. The first-order chi connectivity index (χ1) is 5.06. The summed E-state index contributed by atoms with van der Waals surface area (Å²) in [5.74, 6) is 0.508. The van der Waals surface area contributed by atoms with Crippen molar-refractivity contribution in [1.82, 2.24) is 5.32 Å². The Labute approximate surface area is 68.9 Å². The van der Waals surface area contributed by atoms with E-state index in [0.29, 0.717) is 18.8 Å². The molecule has 0 heterocycles. The Morgan fingerprint density at radius 3 is 2.27 bits per heavy atom. The quantitative estimate of drug-likeness (QED) is 0.516. The number of nitrogens with one attached hydrogen (secondary N) is 1. The summed E-state index contributed by atoms with van der Waals surface area (Å²) >= 11 is 5.32. The Bertz CT molecular complexity index is 94.3. The van der Waals surface area contributed by atoms with Crippen molar-refractivity contribution in [2.24, 2.45) is 0 Å². The van der Waals surface area contributed by atoms with Crippen LogP contribution < -0.4 is 5.32 Å². The zero-order valence-corrected chi connectivity index (χ0v) is 6.80. The SMILES string of the molecule is FC(F)(F)CNCCCCCl. The molecule has 0 rings (SSSR count). The van der Waals surface area contributed by atoms with E-state index in [2.05, 4.69) is 5.32 Å². The van der Waals surface area contributed by atoms with Crippen LogP contribution in [0.4, 0.5) is 13.2 Å². The molecule has 0 saturated carbocycles. The van der Waals surface area contributed by atoms with Gasteiger partial charge in [-0.1, -0.05) is 0 Å². The highest BCUT2D eigenvalue weighted by molar-refractivity contribution is 6.17. The number of unbranched alkanes of at least 4 members (excludes halogenated alkanes) is 1. The highest BCUT2D eigenvalue weighted by Crippen LogP contribution is 2.11. The maximum absolute atomic E-state index is 11.5.